The van der Waals surface area contributed by atoms with Gasteiger partial charge in [-0.05, 0) is 55.3 Å². The van der Waals surface area contributed by atoms with Gasteiger partial charge in [0.15, 0.2) is 0 Å². The molecule has 2 aromatic rings. The van der Waals surface area contributed by atoms with Crippen LogP contribution in [0.25, 0.3) is 0 Å². The molecular weight excluding hydrogens is 402 g/mol. The number of hydrogen-bond donors (Lipinski definition) is 2. The number of halogens is 1. The van der Waals surface area contributed by atoms with E-state index in [0.29, 0.717) is 23.7 Å². The first-order valence-electron chi connectivity index (χ1n) is 8.84. The Labute approximate surface area is 168 Å². The maximum absolute atomic E-state index is 12.8. The van der Waals surface area contributed by atoms with E-state index in [4.69, 9.17) is 11.6 Å². The van der Waals surface area contributed by atoms with Crippen molar-refractivity contribution in [2.45, 2.75) is 24.2 Å². The predicted molar refractivity (Wildman–Crippen MR) is 105 cm³/mol. The molecule has 0 spiro atoms. The zero-order chi connectivity index (χ0) is 20.1. The molecule has 1 saturated heterocycles. The highest BCUT2D eigenvalue weighted by molar-refractivity contribution is 7.89. The first kappa shape index (κ1) is 20.3. The maximum atomic E-state index is 12.8. The average molecular weight is 422 g/mol. The van der Waals surface area contributed by atoms with Gasteiger partial charge in [0.2, 0.25) is 10.0 Å². The lowest BCUT2D eigenvalue weighted by Crippen LogP contribution is -2.41. The smallest absolute Gasteiger partial charge is 0.267 e. The highest BCUT2D eigenvalue weighted by Gasteiger charge is 2.26. The molecule has 3 rings (SSSR count). The highest BCUT2D eigenvalue weighted by Crippen LogP contribution is 2.21. The lowest BCUT2D eigenvalue weighted by molar-refractivity contribution is 0.0846. The van der Waals surface area contributed by atoms with E-state index >= 15 is 0 Å². The minimum atomic E-state index is -3.64. The molecule has 0 bridgehead atoms. The molecule has 148 valence electrons. The summed E-state index contributed by atoms with van der Waals surface area (Å²) in [4.78, 5) is 24.4. The summed E-state index contributed by atoms with van der Waals surface area (Å²) in [7, 11) is -3.64. The van der Waals surface area contributed by atoms with Crippen LogP contribution in [0.5, 0.6) is 0 Å². The van der Waals surface area contributed by atoms with Gasteiger partial charge in [-0.3, -0.25) is 20.4 Å². The first-order valence-corrected chi connectivity index (χ1v) is 10.7. The third-order valence-corrected chi connectivity index (χ3v) is 6.59. The van der Waals surface area contributed by atoms with E-state index < -0.39 is 21.8 Å². The van der Waals surface area contributed by atoms with Crippen molar-refractivity contribution in [1.82, 2.24) is 15.2 Å². The van der Waals surface area contributed by atoms with Crippen LogP contribution in [0.1, 0.15) is 40.0 Å². The van der Waals surface area contributed by atoms with Gasteiger partial charge in [0.05, 0.1) is 4.90 Å². The topological polar surface area (TPSA) is 95.6 Å². The summed E-state index contributed by atoms with van der Waals surface area (Å²) < 4.78 is 26.9. The second kappa shape index (κ2) is 8.72. The second-order valence-electron chi connectivity index (χ2n) is 6.41. The van der Waals surface area contributed by atoms with Gasteiger partial charge in [-0.25, -0.2) is 8.42 Å². The van der Waals surface area contributed by atoms with Crippen LogP contribution in [0.4, 0.5) is 0 Å². The van der Waals surface area contributed by atoms with E-state index in [1.165, 1.54) is 40.7 Å². The van der Waals surface area contributed by atoms with E-state index in [2.05, 4.69) is 10.9 Å². The molecule has 7 nitrogen and oxygen atoms in total. The van der Waals surface area contributed by atoms with Gasteiger partial charge in [-0.2, -0.15) is 4.31 Å². The molecule has 1 aliphatic rings. The number of piperidine rings is 1. The summed E-state index contributed by atoms with van der Waals surface area (Å²) >= 11 is 5.78. The van der Waals surface area contributed by atoms with E-state index in [1.807, 2.05) is 0 Å². The number of hydrazine groups is 1. The number of carbonyl (C=O) groups is 2. The number of amides is 2. The van der Waals surface area contributed by atoms with Crippen LogP contribution in [0.2, 0.25) is 5.02 Å². The largest absolute Gasteiger partial charge is 0.269 e. The van der Waals surface area contributed by atoms with Gasteiger partial charge in [0.25, 0.3) is 11.8 Å². The minimum absolute atomic E-state index is 0.0612. The molecule has 0 aromatic heterocycles. The van der Waals surface area contributed by atoms with Gasteiger partial charge >= 0.3 is 0 Å². The van der Waals surface area contributed by atoms with E-state index in [9.17, 15) is 18.0 Å². The molecular formula is C19H20ClN3O4S. The van der Waals surface area contributed by atoms with Gasteiger partial charge < -0.3 is 0 Å². The van der Waals surface area contributed by atoms with Gasteiger partial charge in [-0.15, -0.1) is 0 Å². The molecule has 1 aliphatic heterocycles. The fourth-order valence-corrected chi connectivity index (χ4v) is 4.60. The Morgan fingerprint density at radius 3 is 2.11 bits per heavy atom. The lowest BCUT2D eigenvalue weighted by Gasteiger charge is -2.26. The average Bonchev–Trinajstić information content (AvgIpc) is 2.73. The quantitative estimate of drug-likeness (QED) is 0.741. The molecule has 0 saturated carbocycles. The molecule has 1 heterocycles. The second-order valence-corrected chi connectivity index (χ2v) is 8.78. The van der Waals surface area contributed by atoms with Gasteiger partial charge in [-0.1, -0.05) is 24.1 Å². The third-order valence-electron chi connectivity index (χ3n) is 4.45. The Morgan fingerprint density at radius 2 is 1.46 bits per heavy atom. The van der Waals surface area contributed by atoms with Crippen molar-refractivity contribution >= 4 is 33.4 Å². The number of sulfonamides is 1. The Bertz CT molecular complexity index is 971. The number of nitrogens with zero attached hydrogens (tertiary/aromatic N) is 1. The zero-order valence-corrected chi connectivity index (χ0v) is 16.6. The maximum Gasteiger partial charge on any atom is 0.269 e. The van der Waals surface area contributed by atoms with Crippen molar-refractivity contribution in [3.8, 4) is 0 Å². The van der Waals surface area contributed by atoms with Crippen LogP contribution in [-0.4, -0.2) is 37.6 Å². The van der Waals surface area contributed by atoms with Crippen LogP contribution < -0.4 is 10.9 Å². The molecule has 28 heavy (non-hydrogen) atoms. The number of rotatable bonds is 4. The first-order chi connectivity index (χ1) is 13.4. The molecule has 2 aromatic carbocycles. The molecule has 2 N–H and O–H groups in total. The third kappa shape index (κ3) is 4.70. The molecule has 0 unspecified atom stereocenters. The van der Waals surface area contributed by atoms with Crippen LogP contribution in [0.3, 0.4) is 0 Å². The summed E-state index contributed by atoms with van der Waals surface area (Å²) in [6.45, 7) is 0.964. The van der Waals surface area contributed by atoms with E-state index in [-0.39, 0.29) is 10.5 Å². The van der Waals surface area contributed by atoms with Crippen molar-refractivity contribution in [2.75, 3.05) is 13.1 Å². The number of nitrogens with one attached hydrogen (secondary N) is 2. The molecule has 9 heteroatoms. The van der Waals surface area contributed by atoms with Crippen LogP contribution in [0.15, 0.2) is 53.4 Å². The van der Waals surface area contributed by atoms with Crippen LogP contribution in [-0.2, 0) is 10.0 Å². The van der Waals surface area contributed by atoms with Crippen LogP contribution >= 0.6 is 11.6 Å². The Hall–Kier alpha value is -2.42. The molecule has 1 fully saturated rings. The van der Waals surface area contributed by atoms with Crippen molar-refractivity contribution < 1.29 is 18.0 Å². The van der Waals surface area contributed by atoms with Gasteiger partial charge in [0, 0.05) is 29.2 Å². The minimum Gasteiger partial charge on any atom is -0.267 e. The van der Waals surface area contributed by atoms with Crippen LogP contribution in [0, 0.1) is 0 Å². The monoisotopic (exact) mass is 421 g/mol. The number of benzene rings is 2. The summed E-state index contributed by atoms with van der Waals surface area (Å²) in [5.74, 6) is -1.12. The summed E-state index contributed by atoms with van der Waals surface area (Å²) in [5, 5.41) is 0.493. The summed E-state index contributed by atoms with van der Waals surface area (Å²) in [6, 6.07) is 11.9. The van der Waals surface area contributed by atoms with Gasteiger partial charge in [0.1, 0.15) is 0 Å². The predicted octanol–water partition coefficient (Wildman–Crippen LogP) is 2.59. The Balaban J connectivity index is 1.68. The normalized spacial score (nSPS) is 15.0. The fraction of sp³-hybridized carbons (Fsp3) is 0.263. The fourth-order valence-electron chi connectivity index (χ4n) is 2.91. The van der Waals surface area contributed by atoms with Crippen molar-refractivity contribution in [3.63, 3.8) is 0 Å². The van der Waals surface area contributed by atoms with E-state index in [0.717, 1.165) is 19.3 Å². The summed E-state index contributed by atoms with van der Waals surface area (Å²) in [6.07, 6.45) is 2.67. The standard InChI is InChI=1S/C19H20ClN3O4S/c20-16-9-7-14(8-10-16)18(24)21-22-19(25)15-5-4-6-17(13-15)28(26,27)23-11-2-1-3-12-23/h4-10,13H,1-3,11-12H2,(H,21,24)(H,22,25). The molecule has 2 amide bonds. The SMILES string of the molecule is O=C(NNC(=O)c1cccc(S(=O)(=O)N2CCCCC2)c1)c1ccc(Cl)cc1. The molecule has 0 radical (unpaired) electrons. The zero-order valence-electron chi connectivity index (χ0n) is 15.0. The Kier molecular flexibility index (Phi) is 6.33. The number of carbonyl (C=O) groups excluding carboxylic acids is 2. The van der Waals surface area contributed by atoms with Crippen molar-refractivity contribution in [1.29, 1.82) is 0 Å². The summed E-state index contributed by atoms with van der Waals surface area (Å²) in [5.41, 5.74) is 5.05. The van der Waals surface area contributed by atoms with Crippen molar-refractivity contribution in [3.05, 3.63) is 64.7 Å². The lowest BCUT2D eigenvalue weighted by atomic mass is 10.2. The number of hydrogen-bond acceptors (Lipinski definition) is 4. The highest BCUT2D eigenvalue weighted by atomic mass is 35.5. The van der Waals surface area contributed by atoms with E-state index in [1.54, 1.807) is 12.1 Å². The molecule has 0 atom stereocenters. The Morgan fingerprint density at radius 1 is 0.857 bits per heavy atom. The van der Waals surface area contributed by atoms with Crippen molar-refractivity contribution in [2.24, 2.45) is 0 Å². The molecule has 0 aliphatic carbocycles.